The molecule has 1 aromatic carbocycles. The van der Waals surface area contributed by atoms with Crippen LogP contribution < -0.4 is 10.1 Å². The van der Waals surface area contributed by atoms with Gasteiger partial charge in [0, 0.05) is 6.04 Å². The number of imide groups is 2. The van der Waals surface area contributed by atoms with Gasteiger partial charge in [-0.2, -0.15) is 0 Å². The molecular weight excluding hydrogens is 362 g/mol. The molecule has 1 heterocycles. The first-order chi connectivity index (χ1) is 13.3. The molecule has 8 nitrogen and oxygen atoms in total. The molecule has 1 saturated heterocycles. The number of nitrogens with zero attached hydrogens (tertiary/aromatic N) is 2. The number of methoxy groups -OCH3 is 1. The van der Waals surface area contributed by atoms with Gasteiger partial charge in [-0.05, 0) is 43.4 Å². The van der Waals surface area contributed by atoms with Crippen molar-refractivity contribution in [3.63, 3.8) is 0 Å². The van der Waals surface area contributed by atoms with E-state index in [1.54, 1.807) is 12.1 Å². The van der Waals surface area contributed by atoms with Crippen LogP contribution in [-0.2, 0) is 14.4 Å². The van der Waals surface area contributed by atoms with Crippen molar-refractivity contribution in [3.05, 3.63) is 23.8 Å². The Morgan fingerprint density at radius 3 is 2.57 bits per heavy atom. The fourth-order valence-corrected chi connectivity index (χ4v) is 3.89. The Morgan fingerprint density at radius 1 is 1.18 bits per heavy atom. The number of ether oxygens (including phenoxy) is 1. The molecule has 150 valence electrons. The van der Waals surface area contributed by atoms with E-state index in [9.17, 15) is 19.2 Å². The monoisotopic (exact) mass is 387 g/mol. The van der Waals surface area contributed by atoms with E-state index in [1.807, 2.05) is 19.9 Å². The number of rotatable bonds is 5. The highest BCUT2D eigenvalue weighted by molar-refractivity contribution is 6.45. The minimum absolute atomic E-state index is 0.139. The second kappa shape index (κ2) is 8.00. The Kier molecular flexibility index (Phi) is 5.67. The van der Waals surface area contributed by atoms with Gasteiger partial charge in [0.2, 0.25) is 5.91 Å². The van der Waals surface area contributed by atoms with Crippen molar-refractivity contribution in [2.45, 2.75) is 45.6 Å². The summed E-state index contributed by atoms with van der Waals surface area (Å²) in [5.41, 5.74) is 1.35. The molecular formula is C20H25N3O5. The number of carbonyl (C=O) groups is 4. The Morgan fingerprint density at radius 2 is 1.89 bits per heavy atom. The Labute approximate surface area is 163 Å². The lowest BCUT2D eigenvalue weighted by atomic mass is 9.85. The first kappa shape index (κ1) is 19.9. The smallest absolute Gasteiger partial charge is 0.334 e. The minimum atomic E-state index is -0.950. The molecule has 2 aliphatic rings. The third kappa shape index (κ3) is 3.72. The van der Waals surface area contributed by atoms with Gasteiger partial charge < -0.3 is 10.1 Å². The van der Waals surface area contributed by atoms with Gasteiger partial charge in [-0.15, -0.1) is 0 Å². The topological polar surface area (TPSA) is 96.0 Å². The van der Waals surface area contributed by atoms with Gasteiger partial charge in [0.05, 0.1) is 12.8 Å². The second-order valence-corrected chi connectivity index (χ2v) is 7.43. The number of hydrogen-bond acceptors (Lipinski definition) is 5. The zero-order chi connectivity index (χ0) is 20.4. The summed E-state index contributed by atoms with van der Waals surface area (Å²) in [7, 11) is 1.48. The summed E-state index contributed by atoms with van der Waals surface area (Å²) in [6.07, 6.45) is 3.55. The molecule has 8 heteroatoms. The average Bonchev–Trinajstić information content (AvgIpc) is 2.86. The van der Waals surface area contributed by atoms with Crippen LogP contribution in [-0.4, -0.2) is 53.2 Å². The summed E-state index contributed by atoms with van der Waals surface area (Å²) in [6, 6.07) is 4.28. The van der Waals surface area contributed by atoms with Gasteiger partial charge in [0.15, 0.2) is 0 Å². The summed E-state index contributed by atoms with van der Waals surface area (Å²) < 4.78 is 5.21. The SMILES string of the molecule is COc1ccc(C)cc1NC(=O)CN1C(=O)C(=O)N([C@@H]2CCCC[C@@H]2C)C1=O. The van der Waals surface area contributed by atoms with Crippen molar-refractivity contribution in [3.8, 4) is 5.75 Å². The van der Waals surface area contributed by atoms with Crippen LogP contribution in [0.1, 0.15) is 38.2 Å². The third-order valence-electron chi connectivity index (χ3n) is 5.41. The zero-order valence-electron chi connectivity index (χ0n) is 16.4. The Balaban J connectivity index is 1.72. The summed E-state index contributed by atoms with van der Waals surface area (Å²) in [6.45, 7) is 3.33. The predicted molar refractivity (Wildman–Crippen MR) is 102 cm³/mol. The molecule has 0 radical (unpaired) electrons. The highest BCUT2D eigenvalue weighted by atomic mass is 16.5. The first-order valence-corrected chi connectivity index (χ1v) is 9.47. The highest BCUT2D eigenvalue weighted by Gasteiger charge is 2.49. The quantitative estimate of drug-likeness (QED) is 0.618. The highest BCUT2D eigenvalue weighted by Crippen LogP contribution is 2.31. The van der Waals surface area contributed by atoms with Crippen LogP contribution in [0.5, 0.6) is 5.75 Å². The lowest BCUT2D eigenvalue weighted by Crippen LogP contribution is -2.46. The molecule has 5 amide bonds. The molecule has 0 spiro atoms. The molecule has 1 aliphatic heterocycles. The fraction of sp³-hybridized carbons (Fsp3) is 0.500. The maximum absolute atomic E-state index is 12.7. The molecule has 0 unspecified atom stereocenters. The molecule has 2 atom stereocenters. The van der Waals surface area contributed by atoms with E-state index >= 15 is 0 Å². The summed E-state index contributed by atoms with van der Waals surface area (Å²) in [5.74, 6) is -1.76. The van der Waals surface area contributed by atoms with Gasteiger partial charge in [-0.25, -0.2) is 9.69 Å². The maximum atomic E-state index is 12.7. The third-order valence-corrected chi connectivity index (χ3v) is 5.41. The lowest BCUT2D eigenvalue weighted by Gasteiger charge is -2.34. The number of carbonyl (C=O) groups excluding carboxylic acids is 4. The summed E-state index contributed by atoms with van der Waals surface area (Å²) >= 11 is 0. The van der Waals surface area contributed by atoms with Crippen molar-refractivity contribution in [1.29, 1.82) is 0 Å². The average molecular weight is 387 g/mol. The van der Waals surface area contributed by atoms with Crippen LogP contribution in [0.4, 0.5) is 10.5 Å². The standard InChI is InChI=1S/C20H25N3O5/c1-12-8-9-16(28-3)14(10-12)21-17(24)11-22-18(25)19(26)23(20(22)27)15-7-5-4-6-13(15)2/h8-10,13,15H,4-7,11H2,1-3H3,(H,21,24)/t13-,15+/m0/s1. The molecule has 28 heavy (non-hydrogen) atoms. The summed E-state index contributed by atoms with van der Waals surface area (Å²) in [4.78, 5) is 51.7. The van der Waals surface area contributed by atoms with E-state index in [0.717, 1.165) is 34.6 Å². The van der Waals surface area contributed by atoms with E-state index in [-0.39, 0.29) is 12.0 Å². The number of aryl methyl sites for hydroxylation is 1. The Bertz CT molecular complexity index is 822. The van der Waals surface area contributed by atoms with E-state index in [4.69, 9.17) is 4.74 Å². The normalized spacial score (nSPS) is 22.6. The van der Waals surface area contributed by atoms with Crippen LogP contribution in [0, 0.1) is 12.8 Å². The van der Waals surface area contributed by atoms with E-state index in [2.05, 4.69) is 5.32 Å². The fourth-order valence-electron chi connectivity index (χ4n) is 3.89. The van der Waals surface area contributed by atoms with Gasteiger partial charge in [-0.3, -0.25) is 19.3 Å². The molecule has 3 rings (SSSR count). The van der Waals surface area contributed by atoms with Crippen LogP contribution >= 0.6 is 0 Å². The molecule has 1 aliphatic carbocycles. The number of amides is 5. The van der Waals surface area contributed by atoms with Crippen LogP contribution in [0.2, 0.25) is 0 Å². The van der Waals surface area contributed by atoms with Crippen LogP contribution in [0.15, 0.2) is 18.2 Å². The van der Waals surface area contributed by atoms with Crippen molar-refractivity contribution in [2.75, 3.05) is 19.0 Å². The van der Waals surface area contributed by atoms with Crippen molar-refractivity contribution in [1.82, 2.24) is 9.80 Å². The maximum Gasteiger partial charge on any atom is 0.334 e. The Hall–Kier alpha value is -2.90. The largest absolute Gasteiger partial charge is 0.495 e. The van der Waals surface area contributed by atoms with Crippen LogP contribution in [0.3, 0.4) is 0 Å². The van der Waals surface area contributed by atoms with Crippen molar-refractivity contribution < 1.29 is 23.9 Å². The summed E-state index contributed by atoms with van der Waals surface area (Å²) in [5, 5.41) is 2.65. The molecule has 2 fully saturated rings. The number of urea groups is 1. The zero-order valence-corrected chi connectivity index (χ0v) is 16.4. The van der Waals surface area contributed by atoms with Crippen molar-refractivity contribution in [2.24, 2.45) is 5.92 Å². The number of benzene rings is 1. The van der Waals surface area contributed by atoms with Gasteiger partial charge in [0.1, 0.15) is 12.3 Å². The van der Waals surface area contributed by atoms with E-state index in [0.29, 0.717) is 17.9 Å². The lowest BCUT2D eigenvalue weighted by molar-refractivity contribution is -0.145. The van der Waals surface area contributed by atoms with Crippen LogP contribution in [0.25, 0.3) is 0 Å². The molecule has 1 saturated carbocycles. The molecule has 1 N–H and O–H groups in total. The molecule has 0 aromatic heterocycles. The second-order valence-electron chi connectivity index (χ2n) is 7.43. The molecule has 1 aromatic rings. The minimum Gasteiger partial charge on any atom is -0.495 e. The van der Waals surface area contributed by atoms with Gasteiger partial charge in [0.25, 0.3) is 0 Å². The predicted octanol–water partition coefficient (Wildman–Crippen LogP) is 2.31. The first-order valence-electron chi connectivity index (χ1n) is 9.47. The van der Waals surface area contributed by atoms with Crippen molar-refractivity contribution >= 4 is 29.4 Å². The van der Waals surface area contributed by atoms with E-state index in [1.165, 1.54) is 7.11 Å². The molecule has 0 bridgehead atoms. The van der Waals surface area contributed by atoms with Gasteiger partial charge >= 0.3 is 17.8 Å². The van der Waals surface area contributed by atoms with Gasteiger partial charge in [-0.1, -0.05) is 25.8 Å². The van der Waals surface area contributed by atoms with E-state index < -0.39 is 30.3 Å². The number of hydrogen-bond donors (Lipinski definition) is 1. The number of nitrogens with one attached hydrogen (secondary N) is 1. The number of anilines is 1.